The van der Waals surface area contributed by atoms with E-state index in [9.17, 15) is 4.79 Å². The Hall–Kier alpha value is -1.35. The number of rotatable bonds is 1. The third kappa shape index (κ3) is 1.40. The van der Waals surface area contributed by atoms with Crippen molar-refractivity contribution in [1.82, 2.24) is 0 Å². The van der Waals surface area contributed by atoms with E-state index in [-0.39, 0.29) is 5.78 Å². The number of methoxy groups -OCH3 is 1. The van der Waals surface area contributed by atoms with Gasteiger partial charge in [-0.2, -0.15) is 0 Å². The Kier molecular flexibility index (Phi) is 2.25. The van der Waals surface area contributed by atoms with Crippen molar-refractivity contribution in [3.63, 3.8) is 0 Å². The van der Waals surface area contributed by atoms with Crippen molar-refractivity contribution >= 4 is 29.3 Å². The lowest BCUT2D eigenvalue weighted by Gasteiger charge is -2.11. The zero-order chi connectivity index (χ0) is 10.1. The van der Waals surface area contributed by atoms with Crippen molar-refractivity contribution in [2.75, 3.05) is 7.11 Å². The van der Waals surface area contributed by atoms with Crippen molar-refractivity contribution in [2.24, 2.45) is 4.99 Å². The second-order valence-corrected chi connectivity index (χ2v) is 3.35. The van der Waals surface area contributed by atoms with Crippen LogP contribution >= 0.6 is 11.6 Å². The minimum Gasteiger partial charge on any atom is -0.495 e. The van der Waals surface area contributed by atoms with Crippen LogP contribution in [0.5, 0.6) is 5.75 Å². The van der Waals surface area contributed by atoms with Crippen molar-refractivity contribution in [1.29, 1.82) is 0 Å². The third-order valence-electron chi connectivity index (χ3n) is 2.08. The highest BCUT2D eigenvalue weighted by atomic mass is 35.5. The van der Waals surface area contributed by atoms with Crippen molar-refractivity contribution in [3.8, 4) is 5.75 Å². The van der Waals surface area contributed by atoms with Crippen molar-refractivity contribution in [2.45, 2.75) is 6.42 Å². The SMILES string of the molecule is COc1cc2c(cc1Cl)C(=O)CC=N2. The largest absolute Gasteiger partial charge is 0.495 e. The monoisotopic (exact) mass is 209 g/mol. The maximum atomic E-state index is 11.4. The molecule has 0 bridgehead atoms. The molecule has 0 saturated heterocycles. The third-order valence-corrected chi connectivity index (χ3v) is 2.37. The Morgan fingerprint density at radius 3 is 3.00 bits per heavy atom. The average Bonchev–Trinajstić information content (AvgIpc) is 2.19. The molecule has 3 nitrogen and oxygen atoms in total. The normalized spacial score (nSPS) is 14.0. The summed E-state index contributed by atoms with van der Waals surface area (Å²) >= 11 is 5.90. The second-order valence-electron chi connectivity index (χ2n) is 2.94. The van der Waals surface area contributed by atoms with E-state index in [2.05, 4.69) is 4.99 Å². The number of fused-ring (bicyclic) bond motifs is 1. The van der Waals surface area contributed by atoms with E-state index in [1.54, 1.807) is 18.3 Å². The van der Waals surface area contributed by atoms with Crippen LogP contribution < -0.4 is 4.74 Å². The Labute approximate surface area is 86.4 Å². The fraction of sp³-hybridized carbons (Fsp3) is 0.200. The quantitative estimate of drug-likeness (QED) is 0.713. The molecule has 0 aliphatic carbocycles. The van der Waals surface area contributed by atoms with Crippen LogP contribution in [0, 0.1) is 0 Å². The van der Waals surface area contributed by atoms with Crippen LogP contribution in [0.3, 0.4) is 0 Å². The zero-order valence-corrected chi connectivity index (χ0v) is 8.34. The summed E-state index contributed by atoms with van der Waals surface area (Å²) in [5, 5.41) is 0.441. The van der Waals surface area contributed by atoms with Crippen molar-refractivity contribution in [3.05, 3.63) is 22.7 Å². The van der Waals surface area contributed by atoms with Gasteiger partial charge in [-0.1, -0.05) is 11.6 Å². The summed E-state index contributed by atoms with van der Waals surface area (Å²) in [4.78, 5) is 15.6. The molecule has 0 radical (unpaired) electrons. The fourth-order valence-corrected chi connectivity index (χ4v) is 1.61. The molecule has 1 aliphatic heterocycles. The molecule has 1 aromatic rings. The molecule has 0 unspecified atom stereocenters. The number of benzene rings is 1. The fourth-order valence-electron chi connectivity index (χ4n) is 1.37. The van der Waals surface area contributed by atoms with Gasteiger partial charge in [0.05, 0.1) is 17.8 Å². The highest BCUT2D eigenvalue weighted by Crippen LogP contribution is 2.34. The van der Waals surface area contributed by atoms with Gasteiger partial charge in [-0.15, -0.1) is 0 Å². The van der Waals surface area contributed by atoms with Gasteiger partial charge < -0.3 is 4.74 Å². The van der Waals surface area contributed by atoms with Crippen LogP contribution in [-0.2, 0) is 0 Å². The summed E-state index contributed by atoms with van der Waals surface area (Å²) in [6, 6.07) is 3.28. The number of hydrogen-bond acceptors (Lipinski definition) is 3. The number of Topliss-reactive ketones (excluding diaryl/α,β-unsaturated/α-hetero) is 1. The molecule has 0 amide bonds. The summed E-state index contributed by atoms with van der Waals surface area (Å²) in [5.74, 6) is 0.580. The van der Waals surface area contributed by atoms with Crippen LogP contribution in [-0.4, -0.2) is 19.1 Å². The topological polar surface area (TPSA) is 38.7 Å². The van der Waals surface area contributed by atoms with E-state index in [4.69, 9.17) is 16.3 Å². The number of nitrogens with zero attached hydrogens (tertiary/aromatic N) is 1. The molecule has 0 N–H and O–H groups in total. The van der Waals surface area contributed by atoms with Crippen LogP contribution in [0.2, 0.25) is 5.02 Å². The standard InChI is InChI=1S/C10H8ClNO2/c1-14-10-5-8-6(4-7(10)11)9(13)2-3-12-8/h3-5H,2H2,1H3. The number of ether oxygens (including phenoxy) is 1. The predicted octanol–water partition coefficient (Wildman–Crippen LogP) is 2.64. The first-order chi connectivity index (χ1) is 6.72. The van der Waals surface area contributed by atoms with E-state index >= 15 is 0 Å². The lowest BCUT2D eigenvalue weighted by molar-refractivity contribution is 0.100. The van der Waals surface area contributed by atoms with Gasteiger partial charge in [0.15, 0.2) is 5.78 Å². The minimum absolute atomic E-state index is 0.0413. The van der Waals surface area contributed by atoms with E-state index in [0.717, 1.165) is 0 Å². The Balaban J connectivity index is 2.61. The molecule has 1 aromatic carbocycles. The highest BCUT2D eigenvalue weighted by molar-refractivity contribution is 6.32. The molecule has 0 aromatic heterocycles. The Bertz CT molecular complexity index is 426. The first-order valence-electron chi connectivity index (χ1n) is 4.15. The molecule has 0 atom stereocenters. The number of ketones is 1. The van der Waals surface area contributed by atoms with Gasteiger partial charge in [0.1, 0.15) is 5.75 Å². The molecular weight excluding hydrogens is 202 g/mol. The first kappa shape index (κ1) is 9.21. The van der Waals surface area contributed by atoms with E-state index in [1.807, 2.05) is 0 Å². The van der Waals surface area contributed by atoms with E-state index in [0.29, 0.717) is 28.4 Å². The Morgan fingerprint density at radius 1 is 1.50 bits per heavy atom. The maximum Gasteiger partial charge on any atom is 0.170 e. The molecule has 2 rings (SSSR count). The molecular formula is C10H8ClNO2. The van der Waals surface area contributed by atoms with Gasteiger partial charge in [-0.05, 0) is 6.07 Å². The van der Waals surface area contributed by atoms with Crippen LogP contribution in [0.4, 0.5) is 5.69 Å². The summed E-state index contributed by atoms with van der Waals surface area (Å²) in [7, 11) is 1.53. The first-order valence-corrected chi connectivity index (χ1v) is 4.53. The van der Waals surface area contributed by atoms with Gasteiger partial charge in [0.2, 0.25) is 0 Å². The number of aliphatic imine (C=N–C) groups is 1. The summed E-state index contributed by atoms with van der Waals surface area (Å²) in [6.07, 6.45) is 1.94. The minimum atomic E-state index is 0.0413. The molecule has 0 fully saturated rings. The smallest absolute Gasteiger partial charge is 0.170 e. The van der Waals surface area contributed by atoms with E-state index in [1.165, 1.54) is 7.11 Å². The second kappa shape index (κ2) is 3.42. The lowest BCUT2D eigenvalue weighted by Crippen LogP contribution is -2.04. The molecule has 0 saturated carbocycles. The molecule has 14 heavy (non-hydrogen) atoms. The molecule has 1 heterocycles. The summed E-state index contributed by atoms with van der Waals surface area (Å²) in [6.45, 7) is 0. The molecule has 4 heteroatoms. The zero-order valence-electron chi connectivity index (χ0n) is 7.58. The average molecular weight is 210 g/mol. The molecule has 1 aliphatic rings. The highest BCUT2D eigenvalue weighted by Gasteiger charge is 2.17. The number of hydrogen-bond donors (Lipinski definition) is 0. The van der Waals surface area contributed by atoms with Crippen molar-refractivity contribution < 1.29 is 9.53 Å². The van der Waals surface area contributed by atoms with Crippen LogP contribution in [0.25, 0.3) is 0 Å². The number of halogens is 1. The van der Waals surface area contributed by atoms with E-state index < -0.39 is 0 Å². The van der Waals surface area contributed by atoms with Gasteiger partial charge in [0.25, 0.3) is 0 Å². The predicted molar refractivity (Wildman–Crippen MR) is 55.1 cm³/mol. The molecule has 0 spiro atoms. The lowest BCUT2D eigenvalue weighted by atomic mass is 10.0. The Morgan fingerprint density at radius 2 is 2.29 bits per heavy atom. The van der Waals surface area contributed by atoms with Gasteiger partial charge in [-0.25, -0.2) is 0 Å². The van der Waals surface area contributed by atoms with Crippen LogP contribution in [0.1, 0.15) is 16.8 Å². The molecule has 72 valence electrons. The summed E-state index contributed by atoms with van der Waals surface area (Å²) < 4.78 is 5.03. The number of carbonyl (C=O) groups excluding carboxylic acids is 1. The van der Waals surface area contributed by atoms with Crippen LogP contribution in [0.15, 0.2) is 17.1 Å². The summed E-state index contributed by atoms with van der Waals surface area (Å²) in [5.41, 5.74) is 1.20. The van der Waals surface area contributed by atoms with Gasteiger partial charge >= 0.3 is 0 Å². The van der Waals surface area contributed by atoms with Gasteiger partial charge in [-0.3, -0.25) is 9.79 Å². The maximum absolute atomic E-state index is 11.4. The van der Waals surface area contributed by atoms with Gasteiger partial charge in [0, 0.05) is 24.3 Å². The number of carbonyl (C=O) groups is 1.